The fraction of sp³-hybridized carbons (Fsp3) is 0.727. The van der Waals surface area contributed by atoms with Crippen molar-refractivity contribution in [2.24, 2.45) is 5.73 Å². The molecule has 1 aromatic rings. The first kappa shape index (κ1) is 16.9. The van der Waals surface area contributed by atoms with Gasteiger partial charge in [0.1, 0.15) is 5.82 Å². The van der Waals surface area contributed by atoms with Gasteiger partial charge in [0.05, 0.1) is 26.0 Å². The molecule has 0 aliphatic rings. The van der Waals surface area contributed by atoms with E-state index in [-0.39, 0.29) is 13.2 Å². The predicted octanol–water partition coefficient (Wildman–Crippen LogP) is -0.609. The van der Waals surface area contributed by atoms with Crippen LogP contribution >= 0.6 is 0 Å². The average Bonchev–Trinajstić information content (AvgIpc) is 2.76. The predicted molar refractivity (Wildman–Crippen MR) is 70.3 cm³/mol. The maximum absolute atomic E-state index is 8.75. The molecule has 1 heterocycles. The summed E-state index contributed by atoms with van der Waals surface area (Å²) in [6.45, 7) is 4.20. The molecule has 0 spiro atoms. The number of aliphatic hydroxyl groups excluding tert-OH is 2. The van der Waals surface area contributed by atoms with Gasteiger partial charge in [-0.1, -0.05) is 0 Å². The van der Waals surface area contributed by atoms with Crippen LogP contribution < -0.4 is 11.1 Å². The summed E-state index contributed by atoms with van der Waals surface area (Å²) >= 11 is 0. The molecule has 0 aliphatic carbocycles. The van der Waals surface area contributed by atoms with Gasteiger partial charge in [-0.3, -0.25) is 0 Å². The van der Waals surface area contributed by atoms with E-state index in [0.29, 0.717) is 26.2 Å². The normalized spacial score (nSPS) is 9.83. The highest BCUT2D eigenvalue weighted by Gasteiger charge is 2.08. The summed E-state index contributed by atoms with van der Waals surface area (Å²) < 4.78 is 6.77. The Hall–Kier alpha value is -1.15. The average molecular weight is 260 g/mol. The molecule has 0 atom stereocenters. The maximum Gasteiger partial charge on any atom is 0.128 e. The Labute approximate surface area is 108 Å². The second kappa shape index (κ2) is 11.0. The zero-order valence-electron chi connectivity index (χ0n) is 11.1. The molecule has 0 aliphatic heterocycles. The molecule has 0 fully saturated rings. The van der Waals surface area contributed by atoms with Gasteiger partial charge in [0, 0.05) is 32.4 Å². The highest BCUT2D eigenvalue weighted by Crippen LogP contribution is 2.13. The Morgan fingerprint density at radius 2 is 2.17 bits per heavy atom. The molecule has 0 saturated carbocycles. The minimum Gasteiger partial charge on any atom is -0.397 e. The zero-order valence-corrected chi connectivity index (χ0v) is 11.1. The second-order valence-corrected chi connectivity index (χ2v) is 3.41. The Bertz CT molecular complexity index is 304. The minimum absolute atomic E-state index is 0.0828. The topological polar surface area (TPSA) is 106 Å². The van der Waals surface area contributed by atoms with Crippen molar-refractivity contribution < 1.29 is 14.9 Å². The van der Waals surface area contributed by atoms with Crippen molar-refractivity contribution in [1.29, 1.82) is 0 Å². The number of ether oxygens (including phenoxy) is 1. The molecular weight excluding hydrogens is 236 g/mol. The number of anilines is 1. The molecule has 0 bridgehead atoms. The summed E-state index contributed by atoms with van der Waals surface area (Å²) in [6, 6.07) is 0. The van der Waals surface area contributed by atoms with Gasteiger partial charge < -0.3 is 26.0 Å². The molecule has 1 rings (SSSR count). The number of nitrogens with zero attached hydrogens (tertiary/aromatic N) is 2. The van der Waals surface area contributed by atoms with Crippen molar-refractivity contribution >= 4 is 5.82 Å². The third-order valence-electron chi connectivity index (χ3n) is 2.05. The summed E-state index contributed by atoms with van der Waals surface area (Å²) in [5.74, 6) is 0.864. The summed E-state index contributed by atoms with van der Waals surface area (Å²) in [7, 11) is 1.65. The first-order valence-electron chi connectivity index (χ1n) is 5.94. The van der Waals surface area contributed by atoms with Crippen LogP contribution in [0.2, 0.25) is 0 Å². The van der Waals surface area contributed by atoms with Crippen LogP contribution in [0.5, 0.6) is 0 Å². The van der Waals surface area contributed by atoms with E-state index < -0.39 is 0 Å². The molecule has 0 aromatic carbocycles. The van der Waals surface area contributed by atoms with Crippen molar-refractivity contribution in [3.8, 4) is 0 Å². The monoisotopic (exact) mass is 260 g/mol. The minimum atomic E-state index is 0.0828. The number of aliphatic hydroxyl groups is 2. The van der Waals surface area contributed by atoms with E-state index in [1.165, 1.54) is 0 Å². The van der Waals surface area contributed by atoms with Gasteiger partial charge in [0.2, 0.25) is 0 Å². The van der Waals surface area contributed by atoms with Gasteiger partial charge in [-0.05, 0) is 6.92 Å². The molecule has 0 radical (unpaired) electrons. The van der Waals surface area contributed by atoms with Gasteiger partial charge in [0.25, 0.3) is 0 Å². The lowest BCUT2D eigenvalue weighted by atomic mass is 10.3. The molecular formula is C11H24N4O3. The molecule has 106 valence electrons. The van der Waals surface area contributed by atoms with Crippen LogP contribution in [-0.4, -0.2) is 53.5 Å². The van der Waals surface area contributed by atoms with Crippen molar-refractivity contribution in [1.82, 2.24) is 9.78 Å². The van der Waals surface area contributed by atoms with E-state index in [1.54, 1.807) is 24.9 Å². The number of hydrogen-bond acceptors (Lipinski definition) is 6. The largest absolute Gasteiger partial charge is 0.397 e. The number of methoxy groups -OCH3 is 1. The van der Waals surface area contributed by atoms with Crippen molar-refractivity contribution in [3.05, 3.63) is 11.8 Å². The van der Waals surface area contributed by atoms with Gasteiger partial charge in [0.15, 0.2) is 0 Å². The number of aromatic nitrogens is 2. The standard InChI is InChI=1S/C9H18N4O2.C2H6O/c1-15-5-3-13-9(11-2-4-14)8(6-10)7-12-13;1-2-3/h7,11,14H,2-6,10H2,1H3;3H,2H2,1H3. The lowest BCUT2D eigenvalue weighted by molar-refractivity contribution is 0.184. The van der Waals surface area contributed by atoms with E-state index in [4.69, 9.17) is 20.7 Å². The van der Waals surface area contributed by atoms with E-state index in [0.717, 1.165) is 11.4 Å². The Morgan fingerprint density at radius 1 is 1.50 bits per heavy atom. The van der Waals surface area contributed by atoms with E-state index in [9.17, 15) is 0 Å². The highest BCUT2D eigenvalue weighted by molar-refractivity contribution is 5.43. The summed E-state index contributed by atoms with van der Waals surface area (Å²) in [5.41, 5.74) is 6.52. The first-order valence-corrected chi connectivity index (χ1v) is 5.94. The fourth-order valence-corrected chi connectivity index (χ4v) is 1.30. The molecule has 7 heteroatoms. The van der Waals surface area contributed by atoms with Crippen molar-refractivity contribution in [2.75, 3.05) is 38.8 Å². The molecule has 0 saturated heterocycles. The Balaban J connectivity index is 0.000000873. The van der Waals surface area contributed by atoms with Gasteiger partial charge in [-0.2, -0.15) is 5.10 Å². The first-order chi connectivity index (χ1) is 8.74. The van der Waals surface area contributed by atoms with E-state index >= 15 is 0 Å². The summed E-state index contributed by atoms with van der Waals surface area (Å²) in [4.78, 5) is 0. The lowest BCUT2D eigenvalue weighted by Gasteiger charge is -2.10. The van der Waals surface area contributed by atoms with Crippen LogP contribution in [0.4, 0.5) is 5.82 Å². The summed E-state index contributed by atoms with van der Waals surface area (Å²) in [5, 5.41) is 23.6. The van der Waals surface area contributed by atoms with Crippen molar-refractivity contribution in [3.63, 3.8) is 0 Å². The molecule has 7 nitrogen and oxygen atoms in total. The SMILES string of the molecule is CCO.COCCn1ncc(CN)c1NCCO. The Morgan fingerprint density at radius 3 is 2.67 bits per heavy atom. The zero-order chi connectivity index (χ0) is 13.8. The number of nitrogens with one attached hydrogen (secondary N) is 1. The molecule has 0 amide bonds. The van der Waals surface area contributed by atoms with Crippen LogP contribution in [0.15, 0.2) is 6.20 Å². The van der Waals surface area contributed by atoms with Gasteiger partial charge in [-0.15, -0.1) is 0 Å². The highest BCUT2D eigenvalue weighted by atomic mass is 16.5. The fourth-order valence-electron chi connectivity index (χ4n) is 1.30. The molecule has 18 heavy (non-hydrogen) atoms. The van der Waals surface area contributed by atoms with Gasteiger partial charge >= 0.3 is 0 Å². The maximum atomic E-state index is 8.75. The third kappa shape index (κ3) is 5.97. The lowest BCUT2D eigenvalue weighted by Crippen LogP contribution is -2.15. The summed E-state index contributed by atoms with van der Waals surface area (Å²) in [6.07, 6.45) is 1.73. The van der Waals surface area contributed by atoms with E-state index in [2.05, 4.69) is 10.4 Å². The van der Waals surface area contributed by atoms with E-state index in [1.807, 2.05) is 0 Å². The molecule has 5 N–H and O–H groups in total. The number of rotatable bonds is 7. The molecule has 1 aromatic heterocycles. The van der Waals surface area contributed by atoms with Crippen LogP contribution in [0.3, 0.4) is 0 Å². The second-order valence-electron chi connectivity index (χ2n) is 3.41. The Kier molecular flexibility index (Phi) is 10.3. The van der Waals surface area contributed by atoms with Crippen LogP contribution in [-0.2, 0) is 17.8 Å². The van der Waals surface area contributed by atoms with Gasteiger partial charge in [-0.25, -0.2) is 4.68 Å². The quantitative estimate of drug-likeness (QED) is 0.521. The van der Waals surface area contributed by atoms with Crippen molar-refractivity contribution in [2.45, 2.75) is 20.0 Å². The third-order valence-corrected chi connectivity index (χ3v) is 2.05. The van der Waals surface area contributed by atoms with Crippen LogP contribution in [0, 0.1) is 0 Å². The number of nitrogens with two attached hydrogens (primary N) is 1. The number of hydrogen-bond donors (Lipinski definition) is 4. The molecule has 0 unspecified atom stereocenters. The van der Waals surface area contributed by atoms with Crippen LogP contribution in [0.25, 0.3) is 0 Å². The van der Waals surface area contributed by atoms with Crippen LogP contribution in [0.1, 0.15) is 12.5 Å². The smallest absolute Gasteiger partial charge is 0.128 e.